The van der Waals surface area contributed by atoms with Gasteiger partial charge < -0.3 is 4.74 Å². The van der Waals surface area contributed by atoms with Crippen LogP contribution in [0.15, 0.2) is 0 Å². The summed E-state index contributed by atoms with van der Waals surface area (Å²) in [5.41, 5.74) is -0.501. The summed E-state index contributed by atoms with van der Waals surface area (Å²) in [7, 11) is 0. The van der Waals surface area contributed by atoms with Crippen molar-refractivity contribution in [2.45, 2.75) is 38.7 Å². The lowest BCUT2D eigenvalue weighted by Gasteiger charge is -2.30. The van der Waals surface area contributed by atoms with E-state index in [0.29, 0.717) is 25.7 Å². The highest BCUT2D eigenvalue weighted by atomic mass is 16.5. The van der Waals surface area contributed by atoms with Crippen molar-refractivity contribution in [3.05, 3.63) is 0 Å². The number of Topliss-reactive ketones (excluding diaryl/α,β-unsaturated/α-hetero) is 1. The van der Waals surface area contributed by atoms with Gasteiger partial charge >= 0.3 is 0 Å². The molecule has 0 spiro atoms. The highest BCUT2D eigenvalue weighted by Gasteiger charge is 2.42. The number of ether oxygens (including phenoxy) is 1. The van der Waals surface area contributed by atoms with Gasteiger partial charge in [0.05, 0.1) is 0 Å². The Labute approximate surface area is 72.1 Å². The van der Waals surface area contributed by atoms with E-state index < -0.39 is 5.60 Å². The van der Waals surface area contributed by atoms with Crippen LogP contribution in [-0.4, -0.2) is 17.9 Å². The second kappa shape index (κ2) is 3.25. The summed E-state index contributed by atoms with van der Waals surface area (Å²) in [6.45, 7) is 4.41. The van der Waals surface area contributed by atoms with Gasteiger partial charge in [-0.25, -0.2) is 0 Å². The average Bonchev–Trinajstić information content (AvgIpc) is 2.34. The molecule has 3 heteroatoms. The Bertz CT molecular complexity index is 198. The van der Waals surface area contributed by atoms with E-state index in [-0.39, 0.29) is 11.7 Å². The molecule has 1 aliphatic rings. The standard InChI is InChI=1S/C9H14O3/c1-7(2)9(12-6-10)4-3-8(11)5-9/h6-7H,3-5H2,1-2H3. The normalized spacial score (nSPS) is 29.4. The predicted octanol–water partition coefficient (Wildman–Crippen LogP) is 1.31. The van der Waals surface area contributed by atoms with Gasteiger partial charge in [-0.05, 0) is 12.3 Å². The van der Waals surface area contributed by atoms with Crippen molar-refractivity contribution in [1.82, 2.24) is 0 Å². The lowest BCUT2D eigenvalue weighted by molar-refractivity contribution is -0.148. The Morgan fingerprint density at radius 3 is 2.58 bits per heavy atom. The van der Waals surface area contributed by atoms with Crippen LogP contribution in [0.3, 0.4) is 0 Å². The number of rotatable bonds is 3. The maximum Gasteiger partial charge on any atom is 0.293 e. The smallest absolute Gasteiger partial charge is 0.293 e. The molecule has 0 amide bonds. The number of carbonyl (C=O) groups excluding carboxylic acids is 2. The Morgan fingerprint density at radius 1 is 1.58 bits per heavy atom. The van der Waals surface area contributed by atoms with Crippen LogP contribution < -0.4 is 0 Å². The summed E-state index contributed by atoms with van der Waals surface area (Å²) in [6.07, 6.45) is 1.62. The molecule has 1 saturated carbocycles. The van der Waals surface area contributed by atoms with E-state index in [9.17, 15) is 9.59 Å². The Balaban J connectivity index is 2.73. The second-order valence-electron chi connectivity index (χ2n) is 3.65. The van der Waals surface area contributed by atoms with Crippen LogP contribution in [0.1, 0.15) is 33.1 Å². The van der Waals surface area contributed by atoms with Gasteiger partial charge in [-0.2, -0.15) is 0 Å². The van der Waals surface area contributed by atoms with Crippen LogP contribution >= 0.6 is 0 Å². The van der Waals surface area contributed by atoms with Crippen molar-refractivity contribution in [3.63, 3.8) is 0 Å². The zero-order valence-corrected chi connectivity index (χ0v) is 7.50. The predicted molar refractivity (Wildman–Crippen MR) is 43.6 cm³/mol. The van der Waals surface area contributed by atoms with Crippen molar-refractivity contribution < 1.29 is 14.3 Å². The molecule has 0 aromatic rings. The third-order valence-electron chi connectivity index (χ3n) is 2.66. The summed E-state index contributed by atoms with van der Waals surface area (Å²) in [4.78, 5) is 21.3. The van der Waals surface area contributed by atoms with E-state index >= 15 is 0 Å². The molecular formula is C9H14O3. The van der Waals surface area contributed by atoms with Crippen LogP contribution in [0.25, 0.3) is 0 Å². The van der Waals surface area contributed by atoms with Crippen molar-refractivity contribution in [3.8, 4) is 0 Å². The lowest BCUT2D eigenvalue weighted by atomic mass is 9.88. The summed E-state index contributed by atoms with van der Waals surface area (Å²) in [5.74, 6) is 0.416. The molecule has 68 valence electrons. The van der Waals surface area contributed by atoms with Gasteiger partial charge in [-0.3, -0.25) is 9.59 Å². The first-order valence-corrected chi connectivity index (χ1v) is 4.24. The Hall–Kier alpha value is -0.860. The molecule has 0 radical (unpaired) electrons. The molecule has 1 aliphatic carbocycles. The molecule has 12 heavy (non-hydrogen) atoms. The van der Waals surface area contributed by atoms with E-state index in [1.165, 1.54) is 0 Å². The van der Waals surface area contributed by atoms with Gasteiger partial charge in [0, 0.05) is 12.8 Å². The summed E-state index contributed by atoms with van der Waals surface area (Å²) < 4.78 is 5.02. The van der Waals surface area contributed by atoms with Gasteiger partial charge in [0.1, 0.15) is 11.4 Å². The first-order chi connectivity index (χ1) is 5.60. The Morgan fingerprint density at radius 2 is 2.25 bits per heavy atom. The third kappa shape index (κ3) is 1.49. The number of carbonyl (C=O) groups is 2. The van der Waals surface area contributed by atoms with E-state index in [1.54, 1.807) is 0 Å². The molecule has 3 nitrogen and oxygen atoms in total. The van der Waals surface area contributed by atoms with Crippen LogP contribution in [0.4, 0.5) is 0 Å². The monoisotopic (exact) mass is 170 g/mol. The van der Waals surface area contributed by atoms with E-state index in [0.717, 1.165) is 0 Å². The van der Waals surface area contributed by atoms with E-state index in [4.69, 9.17) is 4.74 Å². The van der Waals surface area contributed by atoms with Crippen molar-refractivity contribution in [1.29, 1.82) is 0 Å². The third-order valence-corrected chi connectivity index (χ3v) is 2.66. The molecule has 1 rings (SSSR count). The molecule has 0 aliphatic heterocycles. The second-order valence-corrected chi connectivity index (χ2v) is 3.65. The SMILES string of the molecule is CC(C)C1(OC=O)CCC(=O)C1. The molecule has 1 atom stereocenters. The first-order valence-electron chi connectivity index (χ1n) is 4.24. The van der Waals surface area contributed by atoms with Crippen LogP contribution in [0, 0.1) is 5.92 Å². The van der Waals surface area contributed by atoms with Gasteiger partial charge in [-0.15, -0.1) is 0 Å². The summed E-state index contributed by atoms with van der Waals surface area (Å²) in [5, 5.41) is 0. The zero-order chi connectivity index (χ0) is 9.19. The molecule has 0 bridgehead atoms. The molecule has 0 aromatic heterocycles. The van der Waals surface area contributed by atoms with Crippen LogP contribution in [-0.2, 0) is 14.3 Å². The number of hydrogen-bond acceptors (Lipinski definition) is 3. The molecule has 1 unspecified atom stereocenters. The molecule has 0 N–H and O–H groups in total. The van der Waals surface area contributed by atoms with Crippen molar-refractivity contribution >= 4 is 12.3 Å². The summed E-state index contributed by atoms with van der Waals surface area (Å²) in [6, 6.07) is 0. The van der Waals surface area contributed by atoms with Gasteiger partial charge in [-0.1, -0.05) is 13.8 Å². The maximum absolute atomic E-state index is 11.0. The lowest BCUT2D eigenvalue weighted by Crippen LogP contribution is -2.35. The maximum atomic E-state index is 11.0. The van der Waals surface area contributed by atoms with E-state index in [2.05, 4.69) is 0 Å². The minimum atomic E-state index is -0.501. The zero-order valence-electron chi connectivity index (χ0n) is 7.50. The molecular weight excluding hydrogens is 156 g/mol. The first kappa shape index (κ1) is 9.23. The number of hydrogen-bond donors (Lipinski definition) is 0. The quantitative estimate of drug-likeness (QED) is 0.600. The minimum Gasteiger partial charge on any atom is -0.461 e. The minimum absolute atomic E-state index is 0.200. The summed E-state index contributed by atoms with van der Waals surface area (Å²) >= 11 is 0. The molecule has 0 heterocycles. The van der Waals surface area contributed by atoms with Gasteiger partial charge in [0.15, 0.2) is 0 Å². The van der Waals surface area contributed by atoms with Gasteiger partial charge in [0.25, 0.3) is 6.47 Å². The Kier molecular flexibility index (Phi) is 2.50. The molecule has 1 fully saturated rings. The van der Waals surface area contributed by atoms with Crippen LogP contribution in [0.5, 0.6) is 0 Å². The molecule has 0 saturated heterocycles. The van der Waals surface area contributed by atoms with E-state index in [1.807, 2.05) is 13.8 Å². The topological polar surface area (TPSA) is 43.4 Å². The largest absolute Gasteiger partial charge is 0.461 e. The average molecular weight is 170 g/mol. The fraction of sp³-hybridized carbons (Fsp3) is 0.778. The van der Waals surface area contributed by atoms with Gasteiger partial charge in [0.2, 0.25) is 0 Å². The molecule has 0 aromatic carbocycles. The fourth-order valence-electron chi connectivity index (χ4n) is 1.69. The fourth-order valence-corrected chi connectivity index (χ4v) is 1.69. The van der Waals surface area contributed by atoms with Crippen LogP contribution in [0.2, 0.25) is 0 Å². The highest BCUT2D eigenvalue weighted by Crippen LogP contribution is 2.36. The van der Waals surface area contributed by atoms with Crippen molar-refractivity contribution in [2.75, 3.05) is 0 Å². The van der Waals surface area contributed by atoms with Crippen molar-refractivity contribution in [2.24, 2.45) is 5.92 Å². The highest BCUT2D eigenvalue weighted by molar-refractivity contribution is 5.82. The number of ketones is 1.